The molecule has 1 heterocycles. The molecule has 1 N–H and O–H groups in total. The third-order valence-electron chi connectivity index (χ3n) is 4.13. The van der Waals surface area contributed by atoms with Crippen LogP contribution in [0.5, 0.6) is 0 Å². The van der Waals surface area contributed by atoms with Crippen LogP contribution in [0.4, 0.5) is 0 Å². The van der Waals surface area contributed by atoms with Crippen LogP contribution in [0.15, 0.2) is 0 Å². The highest BCUT2D eigenvalue weighted by atomic mass is 15.6. The van der Waals surface area contributed by atoms with Crippen molar-refractivity contribution in [3.63, 3.8) is 0 Å². The Kier molecular flexibility index (Phi) is 4.55. The molecule has 1 saturated carbocycles. The van der Waals surface area contributed by atoms with Crippen molar-refractivity contribution in [3.8, 4) is 0 Å². The van der Waals surface area contributed by atoms with E-state index in [1.807, 2.05) is 0 Å². The summed E-state index contributed by atoms with van der Waals surface area (Å²) in [6, 6.07) is 0.680. The zero-order valence-electron chi connectivity index (χ0n) is 12.7. The number of rotatable bonds is 5. The van der Waals surface area contributed by atoms with Gasteiger partial charge < -0.3 is 5.32 Å². The minimum Gasteiger partial charge on any atom is -0.307 e. The Labute approximate surface area is 116 Å². The molecule has 2 atom stereocenters. The van der Waals surface area contributed by atoms with Gasteiger partial charge in [-0.25, -0.2) is 4.68 Å². The molecule has 0 amide bonds. The van der Waals surface area contributed by atoms with Gasteiger partial charge in [-0.2, -0.15) is 0 Å². The fourth-order valence-corrected chi connectivity index (χ4v) is 3.06. The van der Waals surface area contributed by atoms with E-state index in [4.69, 9.17) is 0 Å². The number of nitrogens with one attached hydrogen (secondary N) is 1. The van der Waals surface area contributed by atoms with Gasteiger partial charge in [0.25, 0.3) is 0 Å². The SMILES string of the molecule is CCCNC(C)c1nnnn1C1CCCC(C)(C)C1. The molecule has 5 nitrogen and oxygen atoms in total. The van der Waals surface area contributed by atoms with Gasteiger partial charge in [0.05, 0.1) is 12.1 Å². The molecule has 1 fully saturated rings. The number of hydrogen-bond donors (Lipinski definition) is 1. The van der Waals surface area contributed by atoms with Crippen molar-refractivity contribution in [2.24, 2.45) is 5.41 Å². The van der Waals surface area contributed by atoms with Gasteiger partial charge in [0.2, 0.25) is 0 Å². The molecule has 0 radical (unpaired) electrons. The quantitative estimate of drug-likeness (QED) is 0.889. The summed E-state index contributed by atoms with van der Waals surface area (Å²) in [6.45, 7) is 10.0. The third-order valence-corrected chi connectivity index (χ3v) is 4.13. The lowest BCUT2D eigenvalue weighted by molar-refractivity contribution is 0.169. The Morgan fingerprint density at radius 2 is 2.26 bits per heavy atom. The summed E-state index contributed by atoms with van der Waals surface area (Å²) >= 11 is 0. The van der Waals surface area contributed by atoms with E-state index in [2.05, 4.69) is 53.2 Å². The Balaban J connectivity index is 2.10. The van der Waals surface area contributed by atoms with E-state index >= 15 is 0 Å². The van der Waals surface area contributed by atoms with E-state index < -0.39 is 0 Å². The molecule has 19 heavy (non-hydrogen) atoms. The van der Waals surface area contributed by atoms with Gasteiger partial charge >= 0.3 is 0 Å². The van der Waals surface area contributed by atoms with E-state index in [-0.39, 0.29) is 6.04 Å². The predicted molar refractivity (Wildman–Crippen MR) is 75.8 cm³/mol. The molecular formula is C14H27N5. The highest BCUT2D eigenvalue weighted by molar-refractivity contribution is 4.94. The molecule has 108 valence electrons. The highest BCUT2D eigenvalue weighted by Crippen LogP contribution is 2.41. The number of nitrogens with zero attached hydrogens (tertiary/aromatic N) is 4. The standard InChI is InChI=1S/C14H27N5/c1-5-9-15-11(2)13-16-17-18-19(13)12-7-6-8-14(3,4)10-12/h11-12,15H,5-10H2,1-4H3. The summed E-state index contributed by atoms with van der Waals surface area (Å²) in [7, 11) is 0. The van der Waals surface area contributed by atoms with Crippen molar-refractivity contribution < 1.29 is 0 Å². The van der Waals surface area contributed by atoms with Crippen LogP contribution in [-0.4, -0.2) is 26.8 Å². The Morgan fingerprint density at radius 3 is 2.95 bits per heavy atom. The van der Waals surface area contributed by atoms with E-state index in [0.717, 1.165) is 18.8 Å². The second kappa shape index (κ2) is 5.99. The maximum absolute atomic E-state index is 4.25. The largest absolute Gasteiger partial charge is 0.307 e. The smallest absolute Gasteiger partial charge is 0.168 e. The molecule has 1 aromatic rings. The van der Waals surface area contributed by atoms with E-state index in [1.54, 1.807) is 0 Å². The zero-order valence-corrected chi connectivity index (χ0v) is 12.7. The Morgan fingerprint density at radius 1 is 1.47 bits per heavy atom. The van der Waals surface area contributed by atoms with Crippen LogP contribution in [0.2, 0.25) is 0 Å². The van der Waals surface area contributed by atoms with E-state index in [1.165, 1.54) is 25.7 Å². The normalized spacial score (nSPS) is 24.3. The van der Waals surface area contributed by atoms with Crippen LogP contribution in [0.3, 0.4) is 0 Å². The van der Waals surface area contributed by atoms with Crippen LogP contribution in [0, 0.1) is 5.41 Å². The van der Waals surface area contributed by atoms with Crippen LogP contribution in [0.25, 0.3) is 0 Å². The van der Waals surface area contributed by atoms with E-state index in [9.17, 15) is 0 Å². The van der Waals surface area contributed by atoms with Crippen molar-refractivity contribution >= 4 is 0 Å². The summed E-state index contributed by atoms with van der Waals surface area (Å²) in [5.41, 5.74) is 0.409. The second-order valence-electron chi connectivity index (χ2n) is 6.57. The highest BCUT2D eigenvalue weighted by Gasteiger charge is 2.31. The molecule has 0 aromatic carbocycles. The molecule has 2 unspecified atom stereocenters. The summed E-state index contributed by atoms with van der Waals surface area (Å²) in [5, 5.41) is 15.9. The summed E-state index contributed by atoms with van der Waals surface area (Å²) in [4.78, 5) is 0. The van der Waals surface area contributed by atoms with Gasteiger partial charge in [-0.3, -0.25) is 0 Å². The van der Waals surface area contributed by atoms with Crippen LogP contribution in [0.1, 0.15) is 77.7 Å². The van der Waals surface area contributed by atoms with Gasteiger partial charge in [-0.05, 0) is 55.0 Å². The lowest BCUT2D eigenvalue weighted by atomic mass is 9.75. The molecule has 2 rings (SSSR count). The first-order valence-corrected chi connectivity index (χ1v) is 7.54. The first-order chi connectivity index (χ1) is 9.03. The minimum absolute atomic E-state index is 0.222. The van der Waals surface area contributed by atoms with Crippen LogP contribution >= 0.6 is 0 Å². The van der Waals surface area contributed by atoms with Crippen molar-refractivity contribution in [1.82, 2.24) is 25.5 Å². The van der Waals surface area contributed by atoms with Gasteiger partial charge in [-0.15, -0.1) is 5.10 Å². The topological polar surface area (TPSA) is 55.6 Å². The first kappa shape index (κ1) is 14.4. The maximum atomic E-state index is 4.25. The molecule has 0 bridgehead atoms. The number of tetrazole rings is 1. The minimum atomic E-state index is 0.222. The fourth-order valence-electron chi connectivity index (χ4n) is 3.06. The van der Waals surface area contributed by atoms with Gasteiger partial charge in [0, 0.05) is 0 Å². The van der Waals surface area contributed by atoms with Crippen molar-refractivity contribution in [3.05, 3.63) is 5.82 Å². The molecule has 5 heteroatoms. The molecule has 0 saturated heterocycles. The molecule has 1 aromatic heterocycles. The average Bonchev–Trinajstić information content (AvgIpc) is 2.84. The average molecular weight is 265 g/mol. The van der Waals surface area contributed by atoms with Crippen molar-refractivity contribution in [1.29, 1.82) is 0 Å². The molecule has 1 aliphatic rings. The van der Waals surface area contributed by atoms with Gasteiger partial charge in [0.1, 0.15) is 0 Å². The summed E-state index contributed by atoms with van der Waals surface area (Å²) in [6.07, 6.45) is 6.08. The Hall–Kier alpha value is -0.970. The monoisotopic (exact) mass is 265 g/mol. The third kappa shape index (κ3) is 3.53. The van der Waals surface area contributed by atoms with Crippen LogP contribution in [-0.2, 0) is 0 Å². The molecule has 0 spiro atoms. The summed E-state index contributed by atoms with van der Waals surface area (Å²) in [5.74, 6) is 0.983. The molecular weight excluding hydrogens is 238 g/mol. The van der Waals surface area contributed by atoms with Crippen molar-refractivity contribution in [2.45, 2.75) is 71.9 Å². The maximum Gasteiger partial charge on any atom is 0.168 e. The van der Waals surface area contributed by atoms with Crippen molar-refractivity contribution in [2.75, 3.05) is 6.54 Å². The number of hydrogen-bond acceptors (Lipinski definition) is 4. The Bertz CT molecular complexity index is 398. The summed E-state index contributed by atoms with van der Waals surface area (Å²) < 4.78 is 2.06. The predicted octanol–water partition coefficient (Wildman–Crippen LogP) is 2.88. The fraction of sp³-hybridized carbons (Fsp3) is 0.929. The van der Waals surface area contributed by atoms with Gasteiger partial charge in [0.15, 0.2) is 5.82 Å². The lowest BCUT2D eigenvalue weighted by Gasteiger charge is -2.35. The molecule has 0 aliphatic heterocycles. The second-order valence-corrected chi connectivity index (χ2v) is 6.57. The lowest BCUT2D eigenvalue weighted by Crippen LogP contribution is -2.29. The molecule has 1 aliphatic carbocycles. The van der Waals surface area contributed by atoms with E-state index in [0.29, 0.717) is 11.5 Å². The van der Waals surface area contributed by atoms with Gasteiger partial charge in [-0.1, -0.05) is 27.2 Å². The number of aromatic nitrogens is 4. The van der Waals surface area contributed by atoms with Crippen LogP contribution < -0.4 is 5.32 Å². The first-order valence-electron chi connectivity index (χ1n) is 7.54. The zero-order chi connectivity index (χ0) is 13.9.